The van der Waals surface area contributed by atoms with E-state index < -0.39 is 31.4 Å². The Morgan fingerprint density at radius 3 is 2.38 bits per heavy atom. The molecule has 0 amide bonds. The van der Waals surface area contributed by atoms with Crippen molar-refractivity contribution in [2.24, 2.45) is 5.14 Å². The van der Waals surface area contributed by atoms with Crippen molar-refractivity contribution in [3.05, 3.63) is 88.5 Å². The first kappa shape index (κ1) is 20.6. The van der Waals surface area contributed by atoms with Crippen molar-refractivity contribution in [1.29, 1.82) is 0 Å². The average molecular weight is 431 g/mol. The molecule has 0 spiro atoms. The molecule has 0 aliphatic heterocycles. The maximum Gasteiger partial charge on any atom is 0.294 e. The van der Waals surface area contributed by atoms with E-state index >= 15 is 0 Å². The van der Waals surface area contributed by atoms with Gasteiger partial charge >= 0.3 is 0 Å². The molecule has 0 saturated carbocycles. The number of hydrogen-bond donors (Lipinski definition) is 2. The summed E-state index contributed by atoms with van der Waals surface area (Å²) in [5, 5.41) is 19.3. The van der Waals surface area contributed by atoms with E-state index in [2.05, 4.69) is 5.32 Å². The van der Waals surface area contributed by atoms with Gasteiger partial charge in [-0.2, -0.15) is 0 Å². The van der Waals surface area contributed by atoms with Gasteiger partial charge in [-0.15, -0.1) is 0 Å². The zero-order valence-electron chi connectivity index (χ0n) is 15.0. The van der Waals surface area contributed by atoms with Crippen LogP contribution in [0.1, 0.15) is 5.56 Å². The lowest BCUT2D eigenvalue weighted by molar-refractivity contribution is -0.384. The standard InChI is InChI=1S/C19H17N3O5S2/c20-29(26,27)17-9-10-18(19(12-17)22(23)24)21-15-6-4-5-14(11-15)13-28(25)16-7-2-1-3-8-16/h1-12,21H,13H2,(H2,20,26,27). The Morgan fingerprint density at radius 2 is 1.72 bits per heavy atom. The summed E-state index contributed by atoms with van der Waals surface area (Å²) in [5.41, 5.74) is 1.01. The molecule has 0 aliphatic carbocycles. The summed E-state index contributed by atoms with van der Waals surface area (Å²) in [6, 6.07) is 19.4. The zero-order valence-corrected chi connectivity index (χ0v) is 16.7. The molecule has 1 unspecified atom stereocenters. The van der Waals surface area contributed by atoms with Gasteiger partial charge in [-0.3, -0.25) is 14.3 Å². The highest BCUT2D eigenvalue weighted by Crippen LogP contribution is 2.30. The van der Waals surface area contributed by atoms with E-state index in [9.17, 15) is 22.7 Å². The Hall–Kier alpha value is -3.08. The van der Waals surface area contributed by atoms with Crippen LogP contribution in [0.5, 0.6) is 0 Å². The van der Waals surface area contributed by atoms with Crippen LogP contribution in [0, 0.1) is 10.1 Å². The van der Waals surface area contributed by atoms with Crippen LogP contribution in [0.3, 0.4) is 0 Å². The van der Waals surface area contributed by atoms with Gasteiger partial charge in [-0.05, 0) is 42.0 Å². The van der Waals surface area contributed by atoms with Crippen LogP contribution >= 0.6 is 0 Å². The van der Waals surface area contributed by atoms with E-state index in [1.807, 2.05) is 24.3 Å². The largest absolute Gasteiger partial charge is 0.350 e. The van der Waals surface area contributed by atoms with Gasteiger partial charge in [0.05, 0.1) is 26.4 Å². The Labute approximate surface area is 170 Å². The third kappa shape index (κ3) is 5.25. The molecule has 0 radical (unpaired) electrons. The average Bonchev–Trinajstić information content (AvgIpc) is 2.68. The molecule has 0 heterocycles. The molecule has 0 bridgehead atoms. The van der Waals surface area contributed by atoms with Crippen molar-refractivity contribution in [3.8, 4) is 0 Å². The second-order valence-electron chi connectivity index (χ2n) is 6.11. The lowest BCUT2D eigenvalue weighted by atomic mass is 10.2. The van der Waals surface area contributed by atoms with E-state index in [0.717, 1.165) is 11.6 Å². The molecular formula is C19H17N3O5S2. The summed E-state index contributed by atoms with van der Waals surface area (Å²) >= 11 is 0. The second-order valence-corrected chi connectivity index (χ2v) is 9.12. The quantitative estimate of drug-likeness (QED) is 0.436. The van der Waals surface area contributed by atoms with E-state index in [0.29, 0.717) is 10.6 Å². The Balaban J connectivity index is 1.85. The summed E-state index contributed by atoms with van der Waals surface area (Å²) in [6.07, 6.45) is 0. The molecule has 3 rings (SSSR count). The molecular weight excluding hydrogens is 414 g/mol. The number of nitrogens with two attached hydrogens (primary N) is 1. The maximum atomic E-state index is 12.5. The van der Waals surface area contributed by atoms with Crippen molar-refractivity contribution in [2.45, 2.75) is 15.5 Å². The summed E-state index contributed by atoms with van der Waals surface area (Å²) < 4.78 is 35.4. The topological polar surface area (TPSA) is 132 Å². The van der Waals surface area contributed by atoms with Crippen molar-refractivity contribution < 1.29 is 17.6 Å². The molecule has 0 aromatic heterocycles. The fourth-order valence-corrected chi connectivity index (χ4v) is 4.29. The molecule has 3 N–H and O–H groups in total. The van der Waals surface area contributed by atoms with Gasteiger partial charge in [-0.1, -0.05) is 30.3 Å². The van der Waals surface area contributed by atoms with Gasteiger partial charge in [0.2, 0.25) is 10.0 Å². The summed E-state index contributed by atoms with van der Waals surface area (Å²) in [7, 11) is -5.29. The smallest absolute Gasteiger partial charge is 0.294 e. The number of nitrogens with one attached hydrogen (secondary N) is 1. The Morgan fingerprint density at radius 1 is 1.00 bits per heavy atom. The van der Waals surface area contributed by atoms with Crippen LogP contribution < -0.4 is 10.5 Å². The molecule has 3 aromatic carbocycles. The van der Waals surface area contributed by atoms with E-state index in [4.69, 9.17) is 5.14 Å². The number of benzene rings is 3. The van der Waals surface area contributed by atoms with Crippen LogP contribution in [0.2, 0.25) is 0 Å². The van der Waals surface area contributed by atoms with Gasteiger partial charge in [-0.25, -0.2) is 13.6 Å². The number of anilines is 2. The first-order chi connectivity index (χ1) is 13.7. The number of sulfonamides is 1. The van der Waals surface area contributed by atoms with Crippen molar-refractivity contribution in [2.75, 3.05) is 5.32 Å². The van der Waals surface area contributed by atoms with Gasteiger partial charge in [0.1, 0.15) is 5.69 Å². The van der Waals surface area contributed by atoms with E-state index in [-0.39, 0.29) is 16.3 Å². The van der Waals surface area contributed by atoms with Crippen molar-refractivity contribution in [3.63, 3.8) is 0 Å². The third-order valence-electron chi connectivity index (χ3n) is 4.00. The minimum Gasteiger partial charge on any atom is -0.350 e. The highest BCUT2D eigenvalue weighted by atomic mass is 32.2. The summed E-state index contributed by atoms with van der Waals surface area (Å²) in [5.74, 6) is 0.284. The molecule has 150 valence electrons. The first-order valence-corrected chi connectivity index (χ1v) is 11.2. The highest BCUT2D eigenvalue weighted by Gasteiger charge is 2.19. The molecule has 10 heteroatoms. The molecule has 0 saturated heterocycles. The minimum atomic E-state index is -4.06. The number of nitro groups is 1. The SMILES string of the molecule is NS(=O)(=O)c1ccc(Nc2cccc(CS(=O)c3ccccc3)c2)c([N+](=O)[O-])c1. The minimum absolute atomic E-state index is 0.115. The van der Waals surface area contributed by atoms with Crippen molar-refractivity contribution >= 4 is 37.9 Å². The number of nitrogens with zero attached hydrogens (tertiary/aromatic N) is 1. The molecule has 1 atom stereocenters. The predicted octanol–water partition coefficient (Wildman–Crippen LogP) is 3.29. The van der Waals surface area contributed by atoms with Crippen LogP contribution in [-0.4, -0.2) is 17.6 Å². The molecule has 0 aliphatic rings. The number of primary sulfonamides is 1. The van der Waals surface area contributed by atoms with Crippen LogP contribution in [-0.2, 0) is 26.6 Å². The molecule has 0 fully saturated rings. The van der Waals surface area contributed by atoms with E-state index in [1.165, 1.54) is 12.1 Å². The Bertz CT molecular complexity index is 1180. The van der Waals surface area contributed by atoms with Gasteiger partial charge in [0.25, 0.3) is 5.69 Å². The lowest BCUT2D eigenvalue weighted by Gasteiger charge is -2.10. The van der Waals surface area contributed by atoms with Gasteiger partial charge in [0, 0.05) is 16.6 Å². The maximum absolute atomic E-state index is 12.5. The fourth-order valence-electron chi connectivity index (χ4n) is 2.65. The van der Waals surface area contributed by atoms with Crippen LogP contribution in [0.15, 0.2) is 82.6 Å². The molecule has 29 heavy (non-hydrogen) atoms. The summed E-state index contributed by atoms with van der Waals surface area (Å²) in [6.45, 7) is 0. The Kier molecular flexibility index (Phi) is 6.06. The summed E-state index contributed by atoms with van der Waals surface area (Å²) in [4.78, 5) is 11.0. The van der Waals surface area contributed by atoms with Gasteiger partial charge in [0.15, 0.2) is 0 Å². The molecule has 8 nitrogen and oxygen atoms in total. The fraction of sp³-hybridized carbons (Fsp3) is 0.0526. The number of nitro benzene ring substituents is 1. The first-order valence-electron chi connectivity index (χ1n) is 8.35. The van der Waals surface area contributed by atoms with Crippen LogP contribution in [0.25, 0.3) is 0 Å². The predicted molar refractivity (Wildman–Crippen MR) is 111 cm³/mol. The van der Waals surface area contributed by atoms with Crippen molar-refractivity contribution in [1.82, 2.24) is 0 Å². The lowest BCUT2D eigenvalue weighted by Crippen LogP contribution is -2.12. The number of hydrogen-bond acceptors (Lipinski definition) is 6. The normalized spacial score (nSPS) is 12.3. The number of rotatable bonds is 7. The zero-order chi connectivity index (χ0) is 21.0. The third-order valence-corrected chi connectivity index (χ3v) is 6.31. The van der Waals surface area contributed by atoms with Gasteiger partial charge < -0.3 is 5.32 Å². The molecule has 3 aromatic rings. The second kappa shape index (κ2) is 8.52. The monoisotopic (exact) mass is 431 g/mol. The van der Waals surface area contributed by atoms with E-state index in [1.54, 1.807) is 30.3 Å². The van der Waals surface area contributed by atoms with Crippen LogP contribution in [0.4, 0.5) is 17.1 Å². The highest BCUT2D eigenvalue weighted by molar-refractivity contribution is 7.89.